The van der Waals surface area contributed by atoms with Crippen LogP contribution in [0.1, 0.15) is 27.7 Å². The van der Waals surface area contributed by atoms with Crippen molar-refractivity contribution in [1.82, 2.24) is 24.6 Å². The Morgan fingerprint density at radius 2 is 2.00 bits per heavy atom. The number of morpholine rings is 1. The predicted molar refractivity (Wildman–Crippen MR) is 106 cm³/mol. The Hall–Kier alpha value is -3.20. The van der Waals surface area contributed by atoms with E-state index in [1.807, 2.05) is 13.2 Å². The van der Waals surface area contributed by atoms with Crippen LogP contribution in [0.4, 0.5) is 4.39 Å². The maximum absolute atomic E-state index is 13.5. The molecule has 0 spiro atoms. The zero-order chi connectivity index (χ0) is 20.8. The molecule has 1 fully saturated rings. The Morgan fingerprint density at radius 3 is 2.80 bits per heavy atom. The maximum Gasteiger partial charge on any atom is 0.270 e. The summed E-state index contributed by atoms with van der Waals surface area (Å²) in [7, 11) is 1.81. The van der Waals surface area contributed by atoms with E-state index in [0.717, 1.165) is 11.3 Å². The largest absolute Gasteiger partial charge is 0.378 e. The fourth-order valence-corrected chi connectivity index (χ4v) is 4.29. The highest BCUT2D eigenvalue weighted by atomic mass is 19.1. The molecule has 2 aliphatic heterocycles. The van der Waals surface area contributed by atoms with Crippen molar-refractivity contribution < 1.29 is 18.7 Å². The Balaban J connectivity index is 1.45. The van der Waals surface area contributed by atoms with Gasteiger partial charge < -0.3 is 19.5 Å². The summed E-state index contributed by atoms with van der Waals surface area (Å²) in [6.45, 7) is 2.74. The van der Waals surface area contributed by atoms with Crippen LogP contribution in [0.2, 0.25) is 0 Å². The van der Waals surface area contributed by atoms with E-state index in [1.54, 1.807) is 26.6 Å². The van der Waals surface area contributed by atoms with Gasteiger partial charge in [-0.3, -0.25) is 14.3 Å². The number of hydrogen-bond donors (Lipinski definition) is 1. The molecule has 1 N–H and O–H groups in total. The van der Waals surface area contributed by atoms with Crippen LogP contribution < -0.4 is 0 Å². The predicted octanol–water partition coefficient (Wildman–Crippen LogP) is 1.64. The molecule has 1 aromatic carbocycles. The number of aryl methyl sites for hydroxylation is 1. The summed E-state index contributed by atoms with van der Waals surface area (Å²) in [6.07, 6.45) is 1.86. The molecule has 5 rings (SSSR count). The number of nitrogens with zero attached hydrogens (tertiary/aromatic N) is 4. The summed E-state index contributed by atoms with van der Waals surface area (Å²) in [5.41, 5.74) is 2.67. The van der Waals surface area contributed by atoms with Crippen molar-refractivity contribution in [3.8, 4) is 0 Å². The average molecular weight is 411 g/mol. The Morgan fingerprint density at radius 1 is 1.20 bits per heavy atom. The van der Waals surface area contributed by atoms with Gasteiger partial charge in [0.05, 0.1) is 18.9 Å². The summed E-state index contributed by atoms with van der Waals surface area (Å²) in [5.74, 6) is -1.12. The lowest BCUT2D eigenvalue weighted by Crippen LogP contribution is -2.48. The summed E-state index contributed by atoms with van der Waals surface area (Å²) >= 11 is 0. The van der Waals surface area contributed by atoms with Crippen molar-refractivity contribution in [3.63, 3.8) is 0 Å². The first kappa shape index (κ1) is 18.8. The van der Waals surface area contributed by atoms with Crippen molar-refractivity contribution in [2.45, 2.75) is 12.5 Å². The lowest BCUT2D eigenvalue weighted by molar-refractivity contribution is -0.137. The molecule has 30 heavy (non-hydrogen) atoms. The number of aromatic nitrogens is 3. The van der Waals surface area contributed by atoms with E-state index in [9.17, 15) is 14.0 Å². The zero-order valence-electron chi connectivity index (χ0n) is 16.6. The molecule has 1 atom stereocenters. The van der Waals surface area contributed by atoms with Gasteiger partial charge in [-0.05, 0) is 24.3 Å². The van der Waals surface area contributed by atoms with E-state index in [1.165, 1.54) is 12.1 Å². The molecule has 9 heteroatoms. The molecule has 0 bridgehead atoms. The highest BCUT2D eigenvalue weighted by Gasteiger charge is 2.38. The SMILES string of the molecule is Cn1cc2c(n1)[C@H](C(=O)N1CCOCC1)CN(C(=O)c1cc3cc(F)ccc3[nH]1)C2. The van der Waals surface area contributed by atoms with Gasteiger partial charge >= 0.3 is 0 Å². The van der Waals surface area contributed by atoms with Crippen LogP contribution in [0.15, 0.2) is 30.5 Å². The number of fused-ring (bicyclic) bond motifs is 2. The second-order valence-corrected chi connectivity index (χ2v) is 7.80. The first-order chi connectivity index (χ1) is 14.5. The van der Waals surface area contributed by atoms with Crippen LogP contribution in [0, 0.1) is 5.82 Å². The van der Waals surface area contributed by atoms with E-state index in [4.69, 9.17) is 4.74 Å². The standard InChI is InChI=1S/C21H22FN5O3/c1-25-10-14-11-27(21(29)18-9-13-8-15(22)2-3-17(13)23-18)12-16(19(14)24-25)20(28)26-4-6-30-7-5-26/h2-3,8-10,16,23H,4-7,11-12H2,1H3/t16-/m1/s1. The van der Waals surface area contributed by atoms with Crippen molar-refractivity contribution in [2.24, 2.45) is 7.05 Å². The third-order valence-corrected chi connectivity index (χ3v) is 5.75. The molecule has 3 aromatic rings. The number of amides is 2. The van der Waals surface area contributed by atoms with Crippen molar-refractivity contribution in [1.29, 1.82) is 0 Å². The van der Waals surface area contributed by atoms with Gasteiger partial charge in [-0.1, -0.05) is 0 Å². The molecule has 156 valence electrons. The second kappa shape index (κ2) is 7.24. The van der Waals surface area contributed by atoms with Crippen LogP contribution in [0.3, 0.4) is 0 Å². The van der Waals surface area contributed by atoms with Gasteiger partial charge in [-0.25, -0.2) is 4.39 Å². The van der Waals surface area contributed by atoms with Gasteiger partial charge in [0.2, 0.25) is 5.91 Å². The van der Waals surface area contributed by atoms with Gasteiger partial charge in [0.15, 0.2) is 0 Å². The highest BCUT2D eigenvalue weighted by molar-refractivity contribution is 5.98. The molecule has 2 aromatic heterocycles. The van der Waals surface area contributed by atoms with Gasteiger partial charge in [-0.2, -0.15) is 5.10 Å². The van der Waals surface area contributed by atoms with E-state index < -0.39 is 5.92 Å². The van der Waals surface area contributed by atoms with Crippen molar-refractivity contribution in [2.75, 3.05) is 32.8 Å². The Labute approximate surface area is 172 Å². The van der Waals surface area contributed by atoms with Crippen LogP contribution in [0.25, 0.3) is 10.9 Å². The average Bonchev–Trinajstić information content (AvgIpc) is 3.34. The third-order valence-electron chi connectivity index (χ3n) is 5.75. The molecule has 0 radical (unpaired) electrons. The third kappa shape index (κ3) is 3.24. The molecular weight excluding hydrogens is 389 g/mol. The Kier molecular flexibility index (Phi) is 4.54. The lowest BCUT2D eigenvalue weighted by atomic mass is 9.94. The minimum atomic E-state index is -0.515. The molecule has 2 amide bonds. The molecule has 0 saturated carbocycles. The molecule has 4 heterocycles. The van der Waals surface area contributed by atoms with Gasteiger partial charge in [0, 0.05) is 55.9 Å². The van der Waals surface area contributed by atoms with Crippen LogP contribution >= 0.6 is 0 Å². The monoisotopic (exact) mass is 411 g/mol. The summed E-state index contributed by atoms with van der Waals surface area (Å²) in [4.78, 5) is 33.0. The van der Waals surface area contributed by atoms with E-state index in [-0.39, 0.29) is 24.2 Å². The maximum atomic E-state index is 13.5. The van der Waals surface area contributed by atoms with Crippen molar-refractivity contribution >= 4 is 22.7 Å². The summed E-state index contributed by atoms with van der Waals surface area (Å²) < 4.78 is 20.6. The minimum Gasteiger partial charge on any atom is -0.378 e. The number of aromatic amines is 1. The summed E-state index contributed by atoms with van der Waals surface area (Å²) in [6, 6.07) is 6.01. The number of carbonyl (C=O) groups excluding carboxylic acids is 2. The molecular formula is C21H22FN5O3. The summed E-state index contributed by atoms with van der Waals surface area (Å²) in [5, 5.41) is 5.15. The van der Waals surface area contributed by atoms with Crippen LogP contribution in [-0.4, -0.2) is 69.2 Å². The topological polar surface area (TPSA) is 83.5 Å². The van der Waals surface area contributed by atoms with Crippen LogP contribution in [-0.2, 0) is 23.1 Å². The van der Waals surface area contributed by atoms with Gasteiger partial charge in [0.25, 0.3) is 5.91 Å². The highest BCUT2D eigenvalue weighted by Crippen LogP contribution is 2.30. The number of rotatable bonds is 2. The minimum absolute atomic E-state index is 0.0329. The molecule has 8 nitrogen and oxygen atoms in total. The number of nitrogens with one attached hydrogen (secondary N) is 1. The molecule has 0 unspecified atom stereocenters. The van der Waals surface area contributed by atoms with Crippen LogP contribution in [0.5, 0.6) is 0 Å². The number of ether oxygens (including phenoxy) is 1. The molecule has 1 saturated heterocycles. The normalized spacial score (nSPS) is 19.2. The number of carbonyl (C=O) groups is 2. The number of benzene rings is 1. The first-order valence-corrected chi connectivity index (χ1v) is 9.96. The van der Waals surface area contributed by atoms with Gasteiger partial charge in [0.1, 0.15) is 17.4 Å². The van der Waals surface area contributed by atoms with Gasteiger partial charge in [-0.15, -0.1) is 0 Å². The fraction of sp³-hybridized carbons (Fsp3) is 0.381. The molecule has 0 aliphatic carbocycles. The fourth-order valence-electron chi connectivity index (χ4n) is 4.29. The number of H-pyrrole nitrogens is 1. The zero-order valence-corrected chi connectivity index (χ0v) is 16.6. The van der Waals surface area contributed by atoms with E-state index >= 15 is 0 Å². The number of hydrogen-bond acceptors (Lipinski definition) is 4. The second-order valence-electron chi connectivity index (χ2n) is 7.80. The Bertz CT molecular complexity index is 1130. The lowest BCUT2D eigenvalue weighted by Gasteiger charge is -2.35. The smallest absolute Gasteiger partial charge is 0.270 e. The quantitative estimate of drug-likeness (QED) is 0.695. The van der Waals surface area contributed by atoms with E-state index in [2.05, 4.69) is 10.1 Å². The molecule has 2 aliphatic rings. The number of halogens is 1. The van der Waals surface area contributed by atoms with Crippen molar-refractivity contribution in [3.05, 3.63) is 53.2 Å². The van der Waals surface area contributed by atoms with E-state index in [0.29, 0.717) is 49.4 Å². The first-order valence-electron chi connectivity index (χ1n) is 9.96.